The molecule has 1 aromatic rings. The molecule has 16 heavy (non-hydrogen) atoms. The number of nitrogens with one attached hydrogen (secondary N) is 1. The predicted octanol–water partition coefficient (Wildman–Crippen LogP) is 2.57. The number of rotatable bonds is 1. The Morgan fingerprint density at radius 2 is 2.19 bits per heavy atom. The van der Waals surface area contributed by atoms with E-state index >= 15 is 0 Å². The Morgan fingerprint density at radius 1 is 1.31 bits per heavy atom. The molecule has 2 unspecified atom stereocenters. The molecule has 0 amide bonds. The van der Waals surface area contributed by atoms with E-state index in [2.05, 4.69) is 35.6 Å². The normalized spacial score (nSPS) is 34.4. The summed E-state index contributed by atoms with van der Waals surface area (Å²) in [5, 5.41) is 3.70. The lowest BCUT2D eigenvalue weighted by Crippen LogP contribution is -2.53. The molecule has 2 atom stereocenters. The first-order chi connectivity index (χ1) is 7.88. The Bertz CT molecular complexity index is 348. The van der Waals surface area contributed by atoms with Crippen LogP contribution in [0, 0.1) is 0 Å². The van der Waals surface area contributed by atoms with Crippen molar-refractivity contribution in [3.8, 4) is 0 Å². The lowest BCUT2D eigenvalue weighted by Gasteiger charge is -2.39. The van der Waals surface area contributed by atoms with Crippen molar-refractivity contribution >= 4 is 11.8 Å². The maximum absolute atomic E-state index is 5.95. The highest BCUT2D eigenvalue weighted by Crippen LogP contribution is 2.35. The molecule has 2 heterocycles. The van der Waals surface area contributed by atoms with Crippen molar-refractivity contribution in [3.05, 3.63) is 35.9 Å². The molecule has 2 aliphatic heterocycles. The van der Waals surface area contributed by atoms with Gasteiger partial charge in [-0.1, -0.05) is 30.3 Å². The van der Waals surface area contributed by atoms with E-state index in [9.17, 15) is 0 Å². The Kier molecular flexibility index (Phi) is 2.92. The summed E-state index contributed by atoms with van der Waals surface area (Å²) >= 11 is 1.99. The van der Waals surface area contributed by atoms with Crippen molar-refractivity contribution in [2.45, 2.75) is 24.6 Å². The summed E-state index contributed by atoms with van der Waals surface area (Å²) in [6.07, 6.45) is 2.22. The third-order valence-electron chi connectivity index (χ3n) is 3.41. The van der Waals surface area contributed by atoms with Crippen LogP contribution in [0.25, 0.3) is 0 Å². The first kappa shape index (κ1) is 10.6. The van der Waals surface area contributed by atoms with Gasteiger partial charge in [0, 0.05) is 11.8 Å². The monoisotopic (exact) mass is 235 g/mol. The second-order valence-electron chi connectivity index (χ2n) is 4.54. The van der Waals surface area contributed by atoms with Crippen molar-refractivity contribution in [3.63, 3.8) is 0 Å². The van der Waals surface area contributed by atoms with Gasteiger partial charge in [-0.15, -0.1) is 0 Å². The van der Waals surface area contributed by atoms with E-state index in [1.54, 1.807) is 0 Å². The summed E-state index contributed by atoms with van der Waals surface area (Å²) in [6, 6.07) is 11.2. The second kappa shape index (κ2) is 4.40. The summed E-state index contributed by atoms with van der Waals surface area (Å²) < 4.78 is 5.95. The molecule has 0 radical (unpaired) electrons. The van der Waals surface area contributed by atoms with E-state index in [4.69, 9.17) is 4.74 Å². The minimum absolute atomic E-state index is 0.0383. The zero-order chi connectivity index (χ0) is 10.8. The fourth-order valence-electron chi connectivity index (χ4n) is 2.51. The number of hydrogen-bond donors (Lipinski definition) is 1. The largest absolute Gasteiger partial charge is 0.360 e. The van der Waals surface area contributed by atoms with Gasteiger partial charge in [-0.2, -0.15) is 11.8 Å². The van der Waals surface area contributed by atoms with Crippen LogP contribution in [-0.2, 0) is 4.74 Å². The molecule has 86 valence electrons. The Balaban J connectivity index is 1.77. The van der Waals surface area contributed by atoms with Gasteiger partial charge in [0.2, 0.25) is 0 Å². The average Bonchev–Trinajstić information content (AvgIpc) is 2.78. The fourth-order valence-corrected chi connectivity index (χ4v) is 3.77. The molecule has 0 aliphatic carbocycles. The van der Waals surface area contributed by atoms with Crippen molar-refractivity contribution in [2.75, 3.05) is 18.1 Å². The minimum atomic E-state index is -0.0383. The molecular formula is C13H17NOS. The predicted molar refractivity (Wildman–Crippen MR) is 67.6 cm³/mol. The lowest BCUT2D eigenvalue weighted by atomic mass is 9.99. The van der Waals surface area contributed by atoms with E-state index in [0.29, 0.717) is 6.04 Å². The molecule has 0 saturated carbocycles. The van der Waals surface area contributed by atoms with Crippen LogP contribution in [-0.4, -0.2) is 23.8 Å². The van der Waals surface area contributed by atoms with Crippen LogP contribution in [0.3, 0.4) is 0 Å². The van der Waals surface area contributed by atoms with E-state index < -0.39 is 0 Å². The Labute approximate surface area is 101 Å². The molecule has 0 bridgehead atoms. The maximum atomic E-state index is 5.95. The zero-order valence-corrected chi connectivity index (χ0v) is 10.1. The molecule has 2 saturated heterocycles. The van der Waals surface area contributed by atoms with Crippen LogP contribution in [0.1, 0.15) is 24.4 Å². The van der Waals surface area contributed by atoms with Crippen LogP contribution in [0.15, 0.2) is 30.3 Å². The van der Waals surface area contributed by atoms with Crippen LogP contribution < -0.4 is 5.32 Å². The van der Waals surface area contributed by atoms with Crippen molar-refractivity contribution < 1.29 is 4.74 Å². The molecule has 2 fully saturated rings. The van der Waals surface area contributed by atoms with Crippen LogP contribution in [0.4, 0.5) is 0 Å². The molecule has 2 aliphatic rings. The highest BCUT2D eigenvalue weighted by Gasteiger charge is 2.40. The Hall–Kier alpha value is -0.510. The molecule has 0 aromatic heterocycles. The van der Waals surface area contributed by atoms with E-state index in [1.807, 2.05) is 11.8 Å². The van der Waals surface area contributed by atoms with Gasteiger partial charge in [0.1, 0.15) is 5.72 Å². The van der Waals surface area contributed by atoms with Gasteiger partial charge in [-0.25, -0.2) is 0 Å². The summed E-state index contributed by atoms with van der Waals surface area (Å²) in [5.74, 6) is 2.31. The fraction of sp³-hybridized carbons (Fsp3) is 0.538. The van der Waals surface area contributed by atoms with E-state index in [1.165, 1.54) is 11.3 Å². The van der Waals surface area contributed by atoms with Crippen LogP contribution in [0.2, 0.25) is 0 Å². The highest BCUT2D eigenvalue weighted by atomic mass is 32.2. The summed E-state index contributed by atoms with van der Waals surface area (Å²) in [7, 11) is 0. The summed E-state index contributed by atoms with van der Waals surface area (Å²) in [6.45, 7) is 0.882. The van der Waals surface area contributed by atoms with Gasteiger partial charge in [0.25, 0.3) is 0 Å². The Morgan fingerprint density at radius 3 is 2.94 bits per heavy atom. The number of benzene rings is 1. The van der Waals surface area contributed by atoms with E-state index in [0.717, 1.165) is 25.2 Å². The third-order valence-corrected chi connectivity index (χ3v) is 4.57. The summed E-state index contributed by atoms with van der Waals surface area (Å²) in [4.78, 5) is 0. The molecule has 1 spiro atoms. The van der Waals surface area contributed by atoms with Gasteiger partial charge in [0.15, 0.2) is 0 Å². The van der Waals surface area contributed by atoms with Crippen LogP contribution in [0.5, 0.6) is 0 Å². The minimum Gasteiger partial charge on any atom is -0.360 e. The molecule has 1 aromatic carbocycles. The van der Waals surface area contributed by atoms with E-state index in [-0.39, 0.29) is 5.72 Å². The smallest absolute Gasteiger partial charge is 0.129 e. The molecule has 3 heteroatoms. The lowest BCUT2D eigenvalue weighted by molar-refractivity contribution is -0.0924. The first-order valence-electron chi connectivity index (χ1n) is 5.92. The summed E-state index contributed by atoms with van der Waals surface area (Å²) in [5.41, 5.74) is 1.35. The maximum Gasteiger partial charge on any atom is 0.129 e. The third kappa shape index (κ3) is 1.99. The zero-order valence-electron chi connectivity index (χ0n) is 9.32. The topological polar surface area (TPSA) is 21.3 Å². The number of thioether (sulfide) groups is 1. The SMILES string of the molecule is c1ccc(C2CCOC3(CCSC3)N2)cc1. The average molecular weight is 235 g/mol. The van der Waals surface area contributed by atoms with Gasteiger partial charge in [-0.05, 0) is 24.2 Å². The van der Waals surface area contributed by atoms with Crippen molar-refractivity contribution in [1.29, 1.82) is 0 Å². The molecule has 2 nitrogen and oxygen atoms in total. The standard InChI is InChI=1S/C13H17NOS/c1-2-4-11(5-3-1)12-6-8-15-13(14-12)7-9-16-10-13/h1-5,12,14H,6-10H2. The number of hydrogen-bond acceptors (Lipinski definition) is 3. The van der Waals surface area contributed by atoms with Gasteiger partial charge in [-0.3, -0.25) is 5.32 Å². The quantitative estimate of drug-likeness (QED) is 0.808. The van der Waals surface area contributed by atoms with Gasteiger partial charge in [0.05, 0.1) is 6.61 Å². The first-order valence-corrected chi connectivity index (χ1v) is 7.08. The molecule has 1 N–H and O–H groups in total. The highest BCUT2D eigenvalue weighted by molar-refractivity contribution is 7.99. The molecule has 3 rings (SSSR count). The van der Waals surface area contributed by atoms with Crippen molar-refractivity contribution in [2.24, 2.45) is 0 Å². The number of ether oxygens (including phenoxy) is 1. The van der Waals surface area contributed by atoms with Gasteiger partial charge < -0.3 is 4.74 Å². The second-order valence-corrected chi connectivity index (χ2v) is 5.65. The van der Waals surface area contributed by atoms with Gasteiger partial charge >= 0.3 is 0 Å². The van der Waals surface area contributed by atoms with Crippen LogP contribution >= 0.6 is 11.8 Å². The van der Waals surface area contributed by atoms with Crippen molar-refractivity contribution in [1.82, 2.24) is 5.32 Å². The molecular weight excluding hydrogens is 218 g/mol.